The van der Waals surface area contributed by atoms with Crippen LogP contribution in [0.25, 0.3) is 21.7 Å². The Labute approximate surface area is 167 Å². The third-order valence-corrected chi connectivity index (χ3v) is 5.56. The number of hydrogen-bond acceptors (Lipinski definition) is 3. The monoisotopic (exact) mass is 387 g/mol. The molecule has 1 aromatic heterocycles. The van der Waals surface area contributed by atoms with Gasteiger partial charge in [0.25, 0.3) is 6.57 Å². The number of urea groups is 1. The van der Waals surface area contributed by atoms with E-state index in [0.29, 0.717) is 6.42 Å². The highest BCUT2D eigenvalue weighted by Crippen LogP contribution is 2.32. The fourth-order valence-corrected chi connectivity index (χ4v) is 4.31. The molecule has 0 bridgehead atoms. The minimum atomic E-state index is -0.180. The Balaban J connectivity index is 1.67. The van der Waals surface area contributed by atoms with Crippen molar-refractivity contribution in [2.24, 2.45) is 0 Å². The van der Waals surface area contributed by atoms with E-state index in [1.807, 2.05) is 54.8 Å². The predicted molar refractivity (Wildman–Crippen MR) is 114 cm³/mol. The van der Waals surface area contributed by atoms with Gasteiger partial charge in [-0.1, -0.05) is 30.3 Å². The normalized spacial score (nSPS) is 16.3. The Morgan fingerprint density at radius 2 is 1.89 bits per heavy atom. The summed E-state index contributed by atoms with van der Waals surface area (Å²) in [6, 6.07) is 17.5. The molecular weight excluding hydrogens is 368 g/mol. The Hall–Kier alpha value is -3.43. The predicted octanol–water partition coefficient (Wildman–Crippen LogP) is 5.06. The number of rotatable bonds is 4. The highest BCUT2D eigenvalue weighted by molar-refractivity contribution is 7.11. The van der Waals surface area contributed by atoms with Gasteiger partial charge in [0.2, 0.25) is 0 Å². The molecule has 28 heavy (non-hydrogen) atoms. The van der Waals surface area contributed by atoms with Gasteiger partial charge in [-0.15, -0.1) is 11.3 Å². The fraction of sp³-hybridized carbons (Fsp3) is 0.136. The molecule has 0 aliphatic carbocycles. The standard InChI is InChI=1S/C22H18N4OS/c1-14-20(18(26-22(27)24-14)12-15-6-4-3-5-7-15)21-25-19(13-28-21)16-8-10-17(23-2)11-9-16/h2-11,13,18H,12H2,1H3,(H-,24,25,26,27)/p+1. The molecule has 6 heteroatoms. The Morgan fingerprint density at radius 1 is 1.14 bits per heavy atom. The van der Waals surface area contributed by atoms with Crippen LogP contribution in [0.15, 0.2) is 65.7 Å². The van der Waals surface area contributed by atoms with E-state index in [9.17, 15) is 4.79 Å². The second-order valence-corrected chi connectivity index (χ2v) is 7.45. The van der Waals surface area contributed by atoms with Crippen LogP contribution in [0.4, 0.5) is 10.5 Å². The van der Waals surface area contributed by atoms with Gasteiger partial charge in [0, 0.05) is 34.3 Å². The molecule has 1 aliphatic rings. The Morgan fingerprint density at radius 3 is 2.61 bits per heavy atom. The maximum Gasteiger partial charge on any atom is 0.339 e. The van der Waals surface area contributed by atoms with Crippen LogP contribution >= 0.6 is 11.3 Å². The molecule has 0 radical (unpaired) electrons. The number of allylic oxidation sites excluding steroid dienone is 1. The number of nitrogens with zero attached hydrogens (tertiary/aromatic N) is 2. The molecule has 4 rings (SSSR count). The lowest BCUT2D eigenvalue weighted by Crippen LogP contribution is -2.48. The second kappa shape index (κ2) is 7.67. The van der Waals surface area contributed by atoms with Gasteiger partial charge in [-0.3, -0.25) is 0 Å². The molecule has 2 amide bonds. The van der Waals surface area contributed by atoms with Crippen LogP contribution in [0.3, 0.4) is 0 Å². The summed E-state index contributed by atoms with van der Waals surface area (Å²) in [4.78, 5) is 20.6. The van der Waals surface area contributed by atoms with Gasteiger partial charge in [0.1, 0.15) is 5.01 Å². The minimum Gasteiger partial charge on any atom is -0.331 e. The summed E-state index contributed by atoms with van der Waals surface area (Å²) in [6.45, 7) is 7.23. The summed E-state index contributed by atoms with van der Waals surface area (Å²) in [5.41, 5.74) is 5.63. The van der Waals surface area contributed by atoms with Crippen molar-refractivity contribution in [3.05, 3.63) is 81.1 Å². The quantitative estimate of drug-likeness (QED) is 0.657. The molecule has 0 fully saturated rings. The van der Waals surface area contributed by atoms with E-state index in [0.717, 1.165) is 38.8 Å². The molecule has 0 saturated heterocycles. The first-order valence-corrected chi connectivity index (χ1v) is 9.81. The maximum atomic E-state index is 12.0. The van der Waals surface area contributed by atoms with Crippen molar-refractivity contribution in [3.63, 3.8) is 0 Å². The summed E-state index contributed by atoms with van der Waals surface area (Å²) in [5, 5.41) is 8.84. The summed E-state index contributed by atoms with van der Waals surface area (Å²) < 4.78 is 0. The molecule has 2 heterocycles. The highest BCUT2D eigenvalue weighted by atomic mass is 32.1. The molecule has 3 aromatic rings. The lowest BCUT2D eigenvalue weighted by Gasteiger charge is -2.28. The molecule has 5 nitrogen and oxygen atoms in total. The third kappa shape index (κ3) is 3.66. The largest absolute Gasteiger partial charge is 0.339 e. The van der Waals surface area contributed by atoms with Crippen LogP contribution < -0.4 is 10.6 Å². The molecule has 1 atom stereocenters. The minimum absolute atomic E-state index is 0.131. The van der Waals surface area contributed by atoms with Gasteiger partial charge in [-0.05, 0) is 35.9 Å². The zero-order valence-electron chi connectivity index (χ0n) is 15.3. The molecule has 0 spiro atoms. The van der Waals surface area contributed by atoms with Gasteiger partial charge < -0.3 is 10.6 Å². The molecule has 2 aromatic carbocycles. The average molecular weight is 387 g/mol. The fourth-order valence-electron chi connectivity index (χ4n) is 3.33. The third-order valence-electron chi connectivity index (χ3n) is 4.69. The van der Waals surface area contributed by atoms with Crippen LogP contribution in [0.5, 0.6) is 0 Å². The van der Waals surface area contributed by atoms with E-state index in [2.05, 4.69) is 27.6 Å². The number of nitrogens with one attached hydrogen (secondary N) is 2. The number of benzene rings is 2. The molecule has 2 N–H and O–H groups in total. The van der Waals surface area contributed by atoms with Crippen LogP contribution in [0.2, 0.25) is 0 Å². The molecule has 138 valence electrons. The zero-order chi connectivity index (χ0) is 19.5. The van der Waals surface area contributed by atoms with Gasteiger partial charge in [-0.2, -0.15) is 0 Å². The summed E-state index contributed by atoms with van der Waals surface area (Å²) in [6.07, 6.45) is 0.711. The van der Waals surface area contributed by atoms with Crippen molar-refractivity contribution in [1.82, 2.24) is 15.6 Å². The summed E-state index contributed by atoms with van der Waals surface area (Å²) >= 11 is 1.57. The van der Waals surface area contributed by atoms with Crippen molar-refractivity contribution in [1.29, 1.82) is 0 Å². The van der Waals surface area contributed by atoms with Crippen molar-refractivity contribution < 1.29 is 4.79 Å². The van der Waals surface area contributed by atoms with Crippen molar-refractivity contribution in [2.75, 3.05) is 0 Å². The number of aromatic nitrogens is 1. The van der Waals surface area contributed by atoms with Crippen molar-refractivity contribution in [3.8, 4) is 17.8 Å². The van der Waals surface area contributed by atoms with Gasteiger partial charge in [0.05, 0.1) is 11.7 Å². The van der Waals surface area contributed by atoms with Crippen molar-refractivity contribution in [2.45, 2.75) is 19.4 Å². The number of thiazole rings is 1. The Kier molecular flexibility index (Phi) is 4.92. The average Bonchev–Trinajstić information content (AvgIpc) is 3.18. The van der Waals surface area contributed by atoms with Gasteiger partial charge >= 0.3 is 11.7 Å². The first-order chi connectivity index (χ1) is 13.6. The second-order valence-electron chi connectivity index (χ2n) is 6.59. The summed E-state index contributed by atoms with van der Waals surface area (Å²) in [7, 11) is 0. The summed E-state index contributed by atoms with van der Waals surface area (Å²) in [5.74, 6) is 0. The molecule has 1 unspecified atom stereocenters. The molecule has 1 aliphatic heterocycles. The number of carbonyl (C=O) groups excluding carboxylic acids is 1. The van der Waals surface area contributed by atoms with Crippen molar-refractivity contribution >= 4 is 28.6 Å². The number of carbonyl (C=O) groups is 1. The van der Waals surface area contributed by atoms with E-state index in [1.165, 1.54) is 0 Å². The number of hydrogen-bond donors (Lipinski definition) is 2. The smallest absolute Gasteiger partial charge is 0.331 e. The molecular formula is C22H19N4OS+. The van der Waals surface area contributed by atoms with Crippen LogP contribution in [-0.4, -0.2) is 17.1 Å². The maximum absolute atomic E-state index is 12.0. The van der Waals surface area contributed by atoms with Crippen LogP contribution in [0.1, 0.15) is 17.5 Å². The van der Waals surface area contributed by atoms with Crippen LogP contribution in [-0.2, 0) is 6.42 Å². The topological polar surface area (TPSA) is 58.4 Å². The highest BCUT2D eigenvalue weighted by Gasteiger charge is 2.28. The van der Waals surface area contributed by atoms with E-state index in [-0.39, 0.29) is 12.1 Å². The lowest BCUT2D eigenvalue weighted by molar-refractivity contribution is 0.240. The van der Waals surface area contributed by atoms with E-state index in [1.54, 1.807) is 11.3 Å². The Bertz CT molecular complexity index is 1080. The van der Waals surface area contributed by atoms with Gasteiger partial charge in [0.15, 0.2) is 0 Å². The SMILES string of the molecule is C#[N+]c1ccc(-c2csc(C3=C(C)NC(=O)NC3Cc3ccccc3)n2)cc1. The van der Waals surface area contributed by atoms with Crippen LogP contribution in [0, 0.1) is 6.57 Å². The first-order valence-electron chi connectivity index (χ1n) is 8.93. The van der Waals surface area contributed by atoms with E-state index >= 15 is 0 Å². The molecule has 0 saturated carbocycles. The van der Waals surface area contributed by atoms with E-state index < -0.39 is 0 Å². The first kappa shape index (κ1) is 18.0. The van der Waals surface area contributed by atoms with E-state index in [4.69, 9.17) is 11.6 Å². The lowest BCUT2D eigenvalue weighted by atomic mass is 9.96. The zero-order valence-corrected chi connectivity index (χ0v) is 16.2. The number of amides is 2. The van der Waals surface area contributed by atoms with Gasteiger partial charge in [-0.25, -0.2) is 9.78 Å².